The van der Waals surface area contributed by atoms with E-state index in [0.29, 0.717) is 26.4 Å². The quantitative estimate of drug-likeness (QED) is 0.771. The van der Waals surface area contributed by atoms with Gasteiger partial charge in [-0.05, 0) is 25.8 Å². The normalized spacial score (nSPS) is 31.9. The Morgan fingerprint density at radius 1 is 1.47 bits per heavy atom. The molecule has 0 aromatic carbocycles. The van der Waals surface area contributed by atoms with Crippen molar-refractivity contribution in [3.8, 4) is 0 Å². The first-order valence-electron chi connectivity index (χ1n) is 7.45. The SMILES string of the molecule is CCCC1(C(=O)NCC2COCCO2)CCCNC1. The molecule has 0 bridgehead atoms. The van der Waals surface area contributed by atoms with E-state index in [-0.39, 0.29) is 17.4 Å². The summed E-state index contributed by atoms with van der Waals surface area (Å²) in [5, 5.41) is 6.43. The molecule has 2 aliphatic heterocycles. The molecule has 2 N–H and O–H groups in total. The second-order valence-corrected chi connectivity index (χ2v) is 5.59. The second kappa shape index (κ2) is 7.22. The summed E-state index contributed by atoms with van der Waals surface area (Å²) in [6, 6.07) is 0. The lowest BCUT2D eigenvalue weighted by Gasteiger charge is -2.36. The van der Waals surface area contributed by atoms with Crippen LogP contribution in [0.4, 0.5) is 0 Å². The number of hydrogen-bond donors (Lipinski definition) is 2. The van der Waals surface area contributed by atoms with Crippen LogP contribution in [0.3, 0.4) is 0 Å². The number of hydrogen-bond acceptors (Lipinski definition) is 4. The Balaban J connectivity index is 1.84. The van der Waals surface area contributed by atoms with Crippen LogP contribution in [-0.4, -0.2) is 51.5 Å². The van der Waals surface area contributed by atoms with E-state index in [0.717, 1.165) is 38.8 Å². The highest BCUT2D eigenvalue weighted by Crippen LogP contribution is 2.31. The summed E-state index contributed by atoms with van der Waals surface area (Å²) in [6.45, 7) is 6.40. The molecule has 2 saturated heterocycles. The monoisotopic (exact) mass is 270 g/mol. The van der Waals surface area contributed by atoms with Crippen molar-refractivity contribution < 1.29 is 14.3 Å². The Bertz CT molecular complexity index is 279. The first-order valence-corrected chi connectivity index (χ1v) is 7.45. The van der Waals surface area contributed by atoms with Gasteiger partial charge in [-0.1, -0.05) is 13.3 Å². The summed E-state index contributed by atoms with van der Waals surface area (Å²) in [4.78, 5) is 12.5. The summed E-state index contributed by atoms with van der Waals surface area (Å²) in [5.41, 5.74) is -0.220. The highest BCUT2D eigenvalue weighted by atomic mass is 16.6. The van der Waals surface area contributed by atoms with Gasteiger partial charge in [0.05, 0.1) is 31.3 Å². The third-order valence-corrected chi connectivity index (χ3v) is 4.06. The topological polar surface area (TPSA) is 59.6 Å². The van der Waals surface area contributed by atoms with Crippen LogP contribution in [0.25, 0.3) is 0 Å². The zero-order valence-corrected chi connectivity index (χ0v) is 11.9. The molecule has 0 aromatic heterocycles. The van der Waals surface area contributed by atoms with E-state index in [1.54, 1.807) is 0 Å². The molecular formula is C14H26N2O3. The van der Waals surface area contributed by atoms with Gasteiger partial charge in [-0.25, -0.2) is 0 Å². The van der Waals surface area contributed by atoms with E-state index in [2.05, 4.69) is 17.6 Å². The number of carbonyl (C=O) groups is 1. The zero-order chi connectivity index (χ0) is 13.6. The molecule has 0 spiro atoms. The highest BCUT2D eigenvalue weighted by Gasteiger charge is 2.38. The largest absolute Gasteiger partial charge is 0.376 e. The maximum Gasteiger partial charge on any atom is 0.227 e. The van der Waals surface area contributed by atoms with Gasteiger partial charge in [-0.15, -0.1) is 0 Å². The molecule has 1 amide bonds. The molecule has 2 heterocycles. The predicted octanol–water partition coefficient (Wildman–Crippen LogP) is 0.688. The average molecular weight is 270 g/mol. The summed E-state index contributed by atoms with van der Waals surface area (Å²) < 4.78 is 10.9. The Morgan fingerprint density at radius 2 is 2.37 bits per heavy atom. The Hall–Kier alpha value is -0.650. The first-order chi connectivity index (χ1) is 9.27. The molecule has 2 atom stereocenters. The number of nitrogens with one attached hydrogen (secondary N) is 2. The molecule has 2 unspecified atom stereocenters. The Morgan fingerprint density at radius 3 is 3.00 bits per heavy atom. The lowest BCUT2D eigenvalue weighted by atomic mass is 9.76. The molecule has 2 fully saturated rings. The summed E-state index contributed by atoms with van der Waals surface area (Å²) in [5.74, 6) is 0.177. The second-order valence-electron chi connectivity index (χ2n) is 5.59. The molecule has 19 heavy (non-hydrogen) atoms. The van der Waals surface area contributed by atoms with Gasteiger partial charge >= 0.3 is 0 Å². The van der Waals surface area contributed by atoms with Crippen molar-refractivity contribution in [1.29, 1.82) is 0 Å². The van der Waals surface area contributed by atoms with Crippen LogP contribution in [-0.2, 0) is 14.3 Å². The van der Waals surface area contributed by atoms with Gasteiger partial charge in [0.1, 0.15) is 0 Å². The van der Waals surface area contributed by atoms with E-state index in [1.165, 1.54) is 0 Å². The van der Waals surface area contributed by atoms with E-state index in [4.69, 9.17) is 9.47 Å². The third-order valence-electron chi connectivity index (χ3n) is 4.06. The van der Waals surface area contributed by atoms with Gasteiger partial charge in [-0.2, -0.15) is 0 Å². The lowest BCUT2D eigenvalue weighted by Crippen LogP contribution is -2.52. The van der Waals surface area contributed by atoms with Crippen molar-refractivity contribution in [3.63, 3.8) is 0 Å². The Labute approximate surface area is 115 Å². The smallest absolute Gasteiger partial charge is 0.227 e. The van der Waals surface area contributed by atoms with E-state index < -0.39 is 0 Å². The highest BCUT2D eigenvalue weighted by molar-refractivity contribution is 5.83. The van der Waals surface area contributed by atoms with Crippen LogP contribution in [0.5, 0.6) is 0 Å². The van der Waals surface area contributed by atoms with Crippen molar-refractivity contribution in [2.75, 3.05) is 39.5 Å². The van der Waals surface area contributed by atoms with Crippen LogP contribution in [0, 0.1) is 5.41 Å². The molecule has 5 nitrogen and oxygen atoms in total. The van der Waals surface area contributed by atoms with E-state index in [1.807, 2.05) is 0 Å². The van der Waals surface area contributed by atoms with E-state index >= 15 is 0 Å². The molecular weight excluding hydrogens is 244 g/mol. The minimum absolute atomic E-state index is 0.00734. The van der Waals surface area contributed by atoms with Crippen LogP contribution < -0.4 is 10.6 Å². The summed E-state index contributed by atoms with van der Waals surface area (Å²) >= 11 is 0. The summed E-state index contributed by atoms with van der Waals surface area (Å²) in [7, 11) is 0. The van der Waals surface area contributed by atoms with Crippen molar-refractivity contribution in [1.82, 2.24) is 10.6 Å². The van der Waals surface area contributed by atoms with Crippen LogP contribution >= 0.6 is 0 Å². The van der Waals surface area contributed by atoms with Crippen LogP contribution in [0.15, 0.2) is 0 Å². The molecule has 0 aliphatic carbocycles. The van der Waals surface area contributed by atoms with Crippen LogP contribution in [0.2, 0.25) is 0 Å². The fourth-order valence-electron chi connectivity index (χ4n) is 3.02. The maximum atomic E-state index is 12.5. The van der Waals surface area contributed by atoms with Crippen molar-refractivity contribution >= 4 is 5.91 Å². The fourth-order valence-corrected chi connectivity index (χ4v) is 3.02. The minimum Gasteiger partial charge on any atom is -0.376 e. The molecule has 5 heteroatoms. The predicted molar refractivity (Wildman–Crippen MR) is 73.0 cm³/mol. The number of piperidine rings is 1. The molecule has 110 valence electrons. The third kappa shape index (κ3) is 3.91. The Kier molecular flexibility index (Phi) is 5.60. The fraction of sp³-hybridized carbons (Fsp3) is 0.929. The minimum atomic E-state index is -0.220. The van der Waals surface area contributed by atoms with Crippen molar-refractivity contribution in [2.24, 2.45) is 5.41 Å². The van der Waals surface area contributed by atoms with E-state index in [9.17, 15) is 4.79 Å². The molecule has 2 rings (SSSR count). The van der Waals surface area contributed by atoms with Gasteiger partial charge in [0.15, 0.2) is 0 Å². The molecule has 0 aromatic rings. The number of ether oxygens (including phenoxy) is 2. The van der Waals surface area contributed by atoms with Crippen LogP contribution in [0.1, 0.15) is 32.6 Å². The van der Waals surface area contributed by atoms with Crippen molar-refractivity contribution in [3.05, 3.63) is 0 Å². The van der Waals surface area contributed by atoms with Crippen molar-refractivity contribution in [2.45, 2.75) is 38.7 Å². The average Bonchev–Trinajstić information content (AvgIpc) is 2.47. The number of amides is 1. The maximum absolute atomic E-state index is 12.5. The molecule has 0 radical (unpaired) electrons. The van der Waals surface area contributed by atoms with Gasteiger partial charge in [-0.3, -0.25) is 4.79 Å². The lowest BCUT2D eigenvalue weighted by molar-refractivity contribution is -0.135. The standard InChI is InChI=1S/C14H26N2O3/c1-2-4-14(5-3-6-15-11-14)13(17)16-9-12-10-18-7-8-19-12/h12,15H,2-11H2,1H3,(H,16,17). The van der Waals surface area contributed by atoms with Gasteiger partial charge < -0.3 is 20.1 Å². The van der Waals surface area contributed by atoms with Gasteiger partial charge in [0.25, 0.3) is 0 Å². The first kappa shape index (κ1) is 14.8. The number of carbonyl (C=O) groups excluding carboxylic acids is 1. The molecule has 2 aliphatic rings. The van der Waals surface area contributed by atoms with Gasteiger partial charge in [0.2, 0.25) is 5.91 Å². The summed E-state index contributed by atoms with van der Waals surface area (Å²) in [6.07, 6.45) is 4.07. The molecule has 0 saturated carbocycles. The van der Waals surface area contributed by atoms with Gasteiger partial charge in [0, 0.05) is 13.1 Å². The zero-order valence-electron chi connectivity index (χ0n) is 11.9. The number of rotatable bonds is 5.